The second-order valence-electron chi connectivity index (χ2n) is 3.94. The van der Waals surface area contributed by atoms with Crippen molar-refractivity contribution in [3.63, 3.8) is 0 Å². The van der Waals surface area contributed by atoms with E-state index in [9.17, 15) is 22.4 Å². The molecule has 0 aliphatic carbocycles. The molecule has 0 heterocycles. The first-order valence-electron chi connectivity index (χ1n) is 5.90. The van der Waals surface area contributed by atoms with Crippen molar-refractivity contribution >= 4 is 5.97 Å². The summed E-state index contributed by atoms with van der Waals surface area (Å²) in [5, 5.41) is 9.05. The summed E-state index contributed by atoms with van der Waals surface area (Å²) in [6.07, 6.45) is 0. The van der Waals surface area contributed by atoms with Crippen LogP contribution >= 0.6 is 0 Å². The first-order chi connectivity index (χ1) is 10.3. The molecule has 120 valence electrons. The molecule has 0 spiro atoms. The quantitative estimate of drug-likeness (QED) is 0.570. The van der Waals surface area contributed by atoms with Gasteiger partial charge in [-0.1, -0.05) is 0 Å². The maximum atomic E-state index is 12.4. The average molecular weight is 321 g/mol. The molecule has 0 amide bonds. The first-order valence-corrected chi connectivity index (χ1v) is 5.90. The molecular formula is C13H11F4NO4. The zero-order chi connectivity index (χ0) is 16.7. The van der Waals surface area contributed by atoms with Gasteiger partial charge in [0.2, 0.25) is 0 Å². The molecule has 0 aromatic heterocycles. The van der Waals surface area contributed by atoms with E-state index in [0.29, 0.717) is 0 Å². The minimum absolute atomic E-state index is 0.151. The van der Waals surface area contributed by atoms with Crippen molar-refractivity contribution in [3.05, 3.63) is 23.8 Å². The molecule has 0 aliphatic heterocycles. The number of nitrogens with zero attached hydrogens (tertiary/aromatic N) is 1. The van der Waals surface area contributed by atoms with Gasteiger partial charge in [0.1, 0.15) is 24.0 Å². The number of carbonyl (C=O) groups is 1. The molecule has 1 aromatic carbocycles. The Morgan fingerprint density at radius 3 is 2.36 bits per heavy atom. The van der Waals surface area contributed by atoms with Gasteiger partial charge in [-0.3, -0.25) is 4.79 Å². The van der Waals surface area contributed by atoms with Crippen molar-refractivity contribution in [2.75, 3.05) is 6.61 Å². The average Bonchev–Trinajstić information content (AvgIpc) is 2.40. The fourth-order valence-electron chi connectivity index (χ4n) is 1.58. The SMILES string of the molecule is CC(=O)OCC(C#N)c1cc(OC(F)F)ccc1OC(F)F. The summed E-state index contributed by atoms with van der Waals surface area (Å²) >= 11 is 0. The summed E-state index contributed by atoms with van der Waals surface area (Å²) in [5.74, 6) is -2.60. The Kier molecular flexibility index (Phi) is 6.44. The molecule has 1 unspecified atom stereocenters. The minimum Gasteiger partial charge on any atom is -0.464 e. The van der Waals surface area contributed by atoms with Gasteiger partial charge in [-0.25, -0.2) is 0 Å². The van der Waals surface area contributed by atoms with Crippen LogP contribution in [0.25, 0.3) is 0 Å². The van der Waals surface area contributed by atoms with E-state index in [4.69, 9.17) is 5.26 Å². The van der Waals surface area contributed by atoms with Gasteiger partial charge in [0.25, 0.3) is 0 Å². The lowest BCUT2D eigenvalue weighted by Crippen LogP contribution is -2.13. The van der Waals surface area contributed by atoms with E-state index in [0.717, 1.165) is 25.1 Å². The Labute approximate surface area is 123 Å². The lowest BCUT2D eigenvalue weighted by atomic mass is 10.00. The number of esters is 1. The molecule has 5 nitrogen and oxygen atoms in total. The molecule has 0 bridgehead atoms. The highest BCUT2D eigenvalue weighted by atomic mass is 19.3. The molecule has 0 aliphatic rings. The maximum absolute atomic E-state index is 12.4. The number of nitriles is 1. The lowest BCUT2D eigenvalue weighted by Gasteiger charge is -2.16. The number of alkyl halides is 4. The number of halogens is 4. The Morgan fingerprint density at radius 1 is 1.23 bits per heavy atom. The molecule has 0 radical (unpaired) electrons. The van der Waals surface area contributed by atoms with Crippen LogP contribution in [0.5, 0.6) is 11.5 Å². The van der Waals surface area contributed by atoms with Gasteiger partial charge >= 0.3 is 19.2 Å². The van der Waals surface area contributed by atoms with E-state index in [-0.39, 0.29) is 11.3 Å². The Hall–Kier alpha value is -2.50. The number of rotatable bonds is 7. The summed E-state index contributed by atoms with van der Waals surface area (Å²) in [4.78, 5) is 10.8. The summed E-state index contributed by atoms with van der Waals surface area (Å²) < 4.78 is 62.1. The fraction of sp³-hybridized carbons (Fsp3) is 0.385. The molecule has 1 aromatic rings. The predicted octanol–water partition coefficient (Wildman–Crippen LogP) is 3.06. The fourth-order valence-corrected chi connectivity index (χ4v) is 1.58. The second-order valence-corrected chi connectivity index (χ2v) is 3.94. The number of benzene rings is 1. The molecule has 0 N–H and O–H groups in total. The molecule has 0 fully saturated rings. The highest BCUT2D eigenvalue weighted by Gasteiger charge is 2.21. The molecule has 22 heavy (non-hydrogen) atoms. The number of ether oxygens (including phenoxy) is 3. The first kappa shape index (κ1) is 17.6. The lowest BCUT2D eigenvalue weighted by molar-refractivity contribution is -0.141. The Morgan fingerprint density at radius 2 is 1.86 bits per heavy atom. The topological polar surface area (TPSA) is 68.6 Å². The van der Waals surface area contributed by atoms with E-state index in [1.807, 2.05) is 0 Å². The highest BCUT2D eigenvalue weighted by molar-refractivity contribution is 5.66. The molecular weight excluding hydrogens is 310 g/mol. The van der Waals surface area contributed by atoms with E-state index in [1.165, 1.54) is 0 Å². The largest absolute Gasteiger partial charge is 0.464 e. The van der Waals surface area contributed by atoms with Crippen LogP contribution in [0.1, 0.15) is 18.4 Å². The number of carbonyl (C=O) groups excluding carboxylic acids is 1. The van der Waals surface area contributed by atoms with Gasteiger partial charge in [0, 0.05) is 12.5 Å². The van der Waals surface area contributed by atoms with E-state index >= 15 is 0 Å². The summed E-state index contributed by atoms with van der Waals surface area (Å²) in [6, 6.07) is 4.65. The van der Waals surface area contributed by atoms with Crippen molar-refractivity contribution in [3.8, 4) is 17.6 Å². The summed E-state index contributed by atoms with van der Waals surface area (Å²) in [7, 11) is 0. The molecule has 0 saturated carbocycles. The monoisotopic (exact) mass is 321 g/mol. The van der Waals surface area contributed by atoms with Crippen molar-refractivity contribution in [1.82, 2.24) is 0 Å². The van der Waals surface area contributed by atoms with Crippen LogP contribution < -0.4 is 9.47 Å². The van der Waals surface area contributed by atoms with Crippen molar-refractivity contribution in [2.24, 2.45) is 0 Å². The highest BCUT2D eigenvalue weighted by Crippen LogP contribution is 2.32. The smallest absolute Gasteiger partial charge is 0.387 e. The van der Waals surface area contributed by atoms with Gasteiger partial charge in [0.05, 0.1) is 6.07 Å². The van der Waals surface area contributed by atoms with Crippen LogP contribution in [-0.2, 0) is 9.53 Å². The maximum Gasteiger partial charge on any atom is 0.387 e. The molecule has 0 saturated heterocycles. The van der Waals surface area contributed by atoms with Crippen molar-refractivity contribution in [1.29, 1.82) is 5.26 Å². The standard InChI is InChI=1S/C13H11F4NO4/c1-7(19)20-6-8(5-18)10-4-9(21-12(14)15)2-3-11(10)22-13(16)17/h2-4,8,12-13H,6H2,1H3. The third-order valence-electron chi connectivity index (χ3n) is 2.41. The Bertz CT molecular complexity index is 559. The predicted molar refractivity (Wildman–Crippen MR) is 64.7 cm³/mol. The van der Waals surface area contributed by atoms with Crippen LogP contribution in [0.2, 0.25) is 0 Å². The minimum atomic E-state index is -3.17. The molecule has 1 rings (SSSR count). The summed E-state index contributed by atoms with van der Waals surface area (Å²) in [5.41, 5.74) is -0.151. The third kappa shape index (κ3) is 5.47. The van der Waals surface area contributed by atoms with Crippen LogP contribution in [-0.4, -0.2) is 25.8 Å². The van der Waals surface area contributed by atoms with Gasteiger partial charge in [-0.05, 0) is 18.2 Å². The van der Waals surface area contributed by atoms with Gasteiger partial charge in [-0.2, -0.15) is 22.8 Å². The molecule has 1 atom stereocenters. The van der Waals surface area contributed by atoms with Crippen LogP contribution in [0.3, 0.4) is 0 Å². The van der Waals surface area contributed by atoms with E-state index in [2.05, 4.69) is 14.2 Å². The van der Waals surface area contributed by atoms with Crippen molar-refractivity contribution in [2.45, 2.75) is 26.1 Å². The van der Waals surface area contributed by atoms with Gasteiger partial charge in [-0.15, -0.1) is 0 Å². The van der Waals surface area contributed by atoms with E-state index < -0.39 is 37.5 Å². The zero-order valence-corrected chi connectivity index (χ0v) is 11.3. The van der Waals surface area contributed by atoms with Crippen molar-refractivity contribution < 1.29 is 36.6 Å². The van der Waals surface area contributed by atoms with Crippen LogP contribution in [0.4, 0.5) is 17.6 Å². The number of hydrogen-bond acceptors (Lipinski definition) is 5. The number of hydrogen-bond donors (Lipinski definition) is 0. The second kappa shape index (κ2) is 8.07. The zero-order valence-electron chi connectivity index (χ0n) is 11.3. The van der Waals surface area contributed by atoms with Gasteiger partial charge < -0.3 is 14.2 Å². The van der Waals surface area contributed by atoms with Gasteiger partial charge in [0.15, 0.2) is 0 Å². The normalized spacial score (nSPS) is 11.9. The summed E-state index contributed by atoms with van der Waals surface area (Å²) in [6.45, 7) is -5.64. The van der Waals surface area contributed by atoms with Crippen LogP contribution in [0.15, 0.2) is 18.2 Å². The van der Waals surface area contributed by atoms with Crippen LogP contribution in [0, 0.1) is 11.3 Å². The van der Waals surface area contributed by atoms with E-state index in [1.54, 1.807) is 6.07 Å². The molecule has 9 heteroatoms. The Balaban J connectivity index is 3.12. The third-order valence-corrected chi connectivity index (χ3v) is 2.41.